The fourth-order valence-corrected chi connectivity index (χ4v) is 6.42. The van der Waals surface area contributed by atoms with Crippen LogP contribution < -0.4 is 0 Å². The molecule has 2 fully saturated rings. The fraction of sp³-hybridized carbons (Fsp3) is 0.571. The summed E-state index contributed by atoms with van der Waals surface area (Å²) in [5, 5.41) is 40.0. The van der Waals surface area contributed by atoms with Crippen LogP contribution in [-0.4, -0.2) is 32.6 Å². The molecule has 2 aromatic rings. The zero-order valence-corrected chi connectivity index (χ0v) is 19.2. The Balaban J connectivity index is 1.70. The van der Waals surface area contributed by atoms with Crippen LogP contribution in [0.3, 0.4) is 0 Å². The van der Waals surface area contributed by atoms with Crippen molar-refractivity contribution in [1.82, 2.24) is 0 Å². The first kappa shape index (κ1) is 23.1. The van der Waals surface area contributed by atoms with Gasteiger partial charge in [0.2, 0.25) is 0 Å². The van der Waals surface area contributed by atoms with Crippen molar-refractivity contribution in [1.29, 1.82) is 0 Å². The molecule has 0 saturated heterocycles. The van der Waals surface area contributed by atoms with Crippen LogP contribution in [0.5, 0.6) is 11.5 Å². The SMILES string of the molecule is CC(CC(c1ccc(O)cc1)c1ccc(O)cc1)(C1CCC(O)CC1)C1CCC(O)CC1. The Labute approximate surface area is 191 Å². The van der Waals surface area contributed by atoms with Gasteiger partial charge in [-0.05, 0) is 110 Å². The first-order valence-corrected chi connectivity index (χ1v) is 12.3. The second-order valence-corrected chi connectivity index (χ2v) is 10.5. The average Bonchev–Trinajstić information content (AvgIpc) is 2.79. The maximum absolute atomic E-state index is 10.1. The number of rotatable bonds is 6. The molecule has 2 aromatic carbocycles. The largest absolute Gasteiger partial charge is 0.508 e. The molecule has 4 heteroatoms. The molecule has 0 heterocycles. The van der Waals surface area contributed by atoms with E-state index >= 15 is 0 Å². The Kier molecular flexibility index (Phi) is 7.11. The summed E-state index contributed by atoms with van der Waals surface area (Å²) in [6.07, 6.45) is 8.33. The normalized spacial score (nSPS) is 28.4. The van der Waals surface area contributed by atoms with E-state index in [4.69, 9.17) is 0 Å². The molecule has 4 rings (SSSR count). The number of aliphatic hydroxyl groups excluding tert-OH is 2. The van der Waals surface area contributed by atoms with Gasteiger partial charge in [-0.2, -0.15) is 0 Å². The van der Waals surface area contributed by atoms with Gasteiger partial charge in [-0.3, -0.25) is 0 Å². The Morgan fingerprint density at radius 3 is 1.34 bits per heavy atom. The molecule has 2 aliphatic carbocycles. The third-order valence-corrected chi connectivity index (χ3v) is 8.49. The summed E-state index contributed by atoms with van der Waals surface area (Å²) in [6, 6.07) is 15.1. The van der Waals surface area contributed by atoms with E-state index in [9.17, 15) is 20.4 Å². The van der Waals surface area contributed by atoms with Crippen molar-refractivity contribution < 1.29 is 20.4 Å². The van der Waals surface area contributed by atoms with Crippen LogP contribution in [0, 0.1) is 17.3 Å². The molecule has 32 heavy (non-hydrogen) atoms. The molecule has 0 aliphatic heterocycles. The highest BCUT2D eigenvalue weighted by Crippen LogP contribution is 2.54. The second kappa shape index (κ2) is 9.84. The summed E-state index contributed by atoms with van der Waals surface area (Å²) in [7, 11) is 0. The standard InChI is InChI=1S/C28H38O4/c1-28(21-6-14-25(31)15-7-21,22-8-16-26(32)17-9-22)18-27(19-2-10-23(29)11-3-19)20-4-12-24(30)13-5-20/h2-5,10-13,21-22,25-27,29-32H,6-9,14-18H2,1H3. The Morgan fingerprint density at radius 1 is 0.656 bits per heavy atom. The molecule has 0 atom stereocenters. The second-order valence-electron chi connectivity index (χ2n) is 10.5. The third kappa shape index (κ3) is 5.13. The van der Waals surface area contributed by atoms with Gasteiger partial charge in [0.25, 0.3) is 0 Å². The van der Waals surface area contributed by atoms with Crippen LogP contribution in [-0.2, 0) is 0 Å². The lowest BCUT2D eigenvalue weighted by Crippen LogP contribution is -2.41. The highest BCUT2D eigenvalue weighted by Gasteiger charge is 2.45. The molecule has 0 bridgehead atoms. The van der Waals surface area contributed by atoms with Gasteiger partial charge < -0.3 is 20.4 Å². The minimum absolute atomic E-state index is 0.0840. The maximum Gasteiger partial charge on any atom is 0.115 e. The lowest BCUT2D eigenvalue weighted by atomic mass is 9.56. The first-order valence-electron chi connectivity index (χ1n) is 12.3. The number of phenols is 2. The van der Waals surface area contributed by atoms with Crippen molar-refractivity contribution >= 4 is 0 Å². The Bertz CT molecular complexity index is 777. The molecule has 0 spiro atoms. The summed E-state index contributed by atoms with van der Waals surface area (Å²) in [4.78, 5) is 0. The van der Waals surface area contributed by atoms with E-state index in [0.29, 0.717) is 11.8 Å². The highest BCUT2D eigenvalue weighted by molar-refractivity contribution is 5.38. The van der Waals surface area contributed by atoms with Crippen LogP contribution in [0.1, 0.15) is 81.8 Å². The molecular weight excluding hydrogens is 400 g/mol. The number of hydrogen-bond acceptors (Lipinski definition) is 4. The van der Waals surface area contributed by atoms with Gasteiger partial charge in [-0.15, -0.1) is 0 Å². The van der Waals surface area contributed by atoms with Crippen molar-refractivity contribution in [2.45, 2.75) is 82.8 Å². The van der Waals surface area contributed by atoms with Crippen LogP contribution in [0.15, 0.2) is 48.5 Å². The highest BCUT2D eigenvalue weighted by atomic mass is 16.3. The van der Waals surface area contributed by atoms with Gasteiger partial charge in [0.05, 0.1) is 12.2 Å². The molecule has 174 valence electrons. The predicted octanol–water partition coefficient (Wildman–Crippen LogP) is 5.73. The molecule has 4 N–H and O–H groups in total. The fourth-order valence-electron chi connectivity index (χ4n) is 6.42. The third-order valence-electron chi connectivity index (χ3n) is 8.49. The van der Waals surface area contributed by atoms with Gasteiger partial charge in [0.15, 0.2) is 0 Å². The maximum atomic E-state index is 10.1. The zero-order valence-electron chi connectivity index (χ0n) is 19.2. The first-order chi connectivity index (χ1) is 15.3. The molecule has 2 aliphatic rings. The lowest BCUT2D eigenvalue weighted by Gasteiger charge is -2.50. The van der Waals surface area contributed by atoms with Crippen molar-refractivity contribution in [2.24, 2.45) is 17.3 Å². The van der Waals surface area contributed by atoms with E-state index in [2.05, 4.69) is 6.92 Å². The van der Waals surface area contributed by atoms with E-state index in [1.165, 1.54) is 11.1 Å². The molecule has 4 nitrogen and oxygen atoms in total. The summed E-state index contributed by atoms with van der Waals surface area (Å²) >= 11 is 0. The number of benzene rings is 2. The van der Waals surface area contributed by atoms with Gasteiger partial charge in [0.1, 0.15) is 11.5 Å². The zero-order chi connectivity index (χ0) is 22.7. The van der Waals surface area contributed by atoms with Crippen LogP contribution in [0.4, 0.5) is 0 Å². The lowest BCUT2D eigenvalue weighted by molar-refractivity contribution is -0.0165. The summed E-state index contributed by atoms with van der Waals surface area (Å²) in [5.41, 5.74) is 2.43. The topological polar surface area (TPSA) is 80.9 Å². The van der Waals surface area contributed by atoms with Gasteiger partial charge in [0, 0.05) is 5.92 Å². The van der Waals surface area contributed by atoms with Gasteiger partial charge >= 0.3 is 0 Å². The quantitative estimate of drug-likeness (QED) is 0.464. The Hall–Kier alpha value is -2.04. The van der Waals surface area contributed by atoms with Crippen LogP contribution in [0.2, 0.25) is 0 Å². The van der Waals surface area contributed by atoms with Crippen LogP contribution in [0.25, 0.3) is 0 Å². The van der Waals surface area contributed by atoms with Crippen molar-refractivity contribution in [3.63, 3.8) is 0 Å². The molecule has 0 amide bonds. The Morgan fingerprint density at radius 2 is 1.00 bits per heavy atom. The molecule has 0 unspecified atom stereocenters. The van der Waals surface area contributed by atoms with Gasteiger partial charge in [-0.1, -0.05) is 31.2 Å². The van der Waals surface area contributed by atoms with Crippen molar-refractivity contribution in [3.8, 4) is 11.5 Å². The van der Waals surface area contributed by atoms with E-state index in [0.717, 1.165) is 57.8 Å². The summed E-state index contributed by atoms with van der Waals surface area (Å²) < 4.78 is 0. The van der Waals surface area contributed by atoms with E-state index in [1.54, 1.807) is 24.3 Å². The van der Waals surface area contributed by atoms with Crippen molar-refractivity contribution in [3.05, 3.63) is 59.7 Å². The predicted molar refractivity (Wildman–Crippen MR) is 127 cm³/mol. The number of phenolic OH excluding ortho intramolecular Hbond substituents is 2. The van der Waals surface area contributed by atoms with Gasteiger partial charge in [-0.25, -0.2) is 0 Å². The minimum Gasteiger partial charge on any atom is -0.508 e. The van der Waals surface area contributed by atoms with E-state index < -0.39 is 0 Å². The van der Waals surface area contributed by atoms with Crippen LogP contribution >= 0.6 is 0 Å². The average molecular weight is 439 g/mol. The van der Waals surface area contributed by atoms with E-state index in [1.807, 2.05) is 24.3 Å². The number of aromatic hydroxyl groups is 2. The summed E-state index contributed by atoms with van der Waals surface area (Å²) in [6.45, 7) is 2.45. The monoisotopic (exact) mass is 438 g/mol. The smallest absolute Gasteiger partial charge is 0.115 e. The molecule has 0 radical (unpaired) electrons. The molecule has 0 aromatic heterocycles. The van der Waals surface area contributed by atoms with Crippen molar-refractivity contribution in [2.75, 3.05) is 0 Å². The molecule has 2 saturated carbocycles. The minimum atomic E-state index is -0.173. The number of aliphatic hydroxyl groups is 2. The summed E-state index contributed by atoms with van der Waals surface area (Å²) in [5.74, 6) is 1.78. The van der Waals surface area contributed by atoms with E-state index in [-0.39, 0.29) is 35.0 Å². The number of hydrogen-bond donors (Lipinski definition) is 4. The molecular formula is C28H38O4.